The zero-order valence-electron chi connectivity index (χ0n) is 33.4. The van der Waals surface area contributed by atoms with Crippen LogP contribution < -0.4 is 10.1 Å². The van der Waals surface area contributed by atoms with Gasteiger partial charge < -0.3 is 20.3 Å². The van der Waals surface area contributed by atoms with E-state index in [0.29, 0.717) is 50.8 Å². The molecule has 0 aliphatic heterocycles. The highest BCUT2D eigenvalue weighted by Gasteiger charge is 2.15. The van der Waals surface area contributed by atoms with Gasteiger partial charge in [0.05, 0.1) is 42.2 Å². The molecule has 0 bridgehead atoms. The van der Waals surface area contributed by atoms with E-state index in [1.54, 1.807) is 67.6 Å². The van der Waals surface area contributed by atoms with E-state index >= 15 is 0 Å². The van der Waals surface area contributed by atoms with Crippen molar-refractivity contribution in [2.75, 3.05) is 12.4 Å². The van der Waals surface area contributed by atoms with E-state index in [2.05, 4.69) is 46.2 Å². The lowest BCUT2D eigenvalue weighted by Crippen LogP contribution is -1.97. The maximum Gasteiger partial charge on any atom is 0.296 e. The Labute approximate surface area is 351 Å². The molecule has 0 unspecified atom stereocenters. The fraction of sp³-hybridized carbons (Fsp3) is 0.111. The van der Waals surface area contributed by atoms with Crippen molar-refractivity contribution < 1.29 is 27.9 Å². The summed E-state index contributed by atoms with van der Waals surface area (Å²) in [4.78, 5) is -0.337. The minimum atomic E-state index is -4.46. The van der Waals surface area contributed by atoms with Crippen LogP contribution in [0.3, 0.4) is 0 Å². The fourth-order valence-electron chi connectivity index (χ4n) is 6.15. The number of azo groups is 4. The molecular formula is C45H39N9O6S. The van der Waals surface area contributed by atoms with E-state index in [-0.39, 0.29) is 28.6 Å². The number of aliphatic hydroxyl groups excluding tert-OH is 1. The molecule has 15 nitrogen and oxygen atoms in total. The summed E-state index contributed by atoms with van der Waals surface area (Å²) in [6.45, 7) is 5.35. The number of aromatic hydroxyl groups is 1. The number of hydrogen-bond donors (Lipinski definition) is 4. The first-order chi connectivity index (χ1) is 29.4. The lowest BCUT2D eigenvalue weighted by Gasteiger charge is -2.10. The van der Waals surface area contributed by atoms with Crippen molar-refractivity contribution in [1.82, 2.24) is 0 Å². The summed E-state index contributed by atoms with van der Waals surface area (Å²) in [5.74, 6) is 0.315. The summed E-state index contributed by atoms with van der Waals surface area (Å²) in [6, 6.07) is 36.7. The standard InChI is InChI=1S/C45H39N9O6S/c1-27-9-12-32(13-10-27)46-33-14-17-36-30(23-33)11-18-40(45(36)56)52-54-42-24-31(26-55)41(25-43(42)60-4)53-48-35-15-19-37(28(2)21-35)49-47-34-16-20-38(29(3)22-34)50-51-39-7-5-6-8-44(39)61(57,58)59/h5-25,46,55-56H,26H2,1-4H3,(H,57,58,59). The number of phenolic OH excluding ortho intramolecular Hbond substituents is 1. The van der Waals surface area contributed by atoms with Gasteiger partial charge in [-0.25, -0.2) is 0 Å². The van der Waals surface area contributed by atoms with Gasteiger partial charge in [0.15, 0.2) is 5.75 Å². The molecule has 7 rings (SSSR count). The summed E-state index contributed by atoms with van der Waals surface area (Å²) in [5, 5.41) is 60.5. The summed E-state index contributed by atoms with van der Waals surface area (Å²) in [7, 11) is -2.98. The van der Waals surface area contributed by atoms with Crippen molar-refractivity contribution in [3.05, 3.63) is 150 Å². The molecule has 61 heavy (non-hydrogen) atoms. The van der Waals surface area contributed by atoms with Crippen molar-refractivity contribution >= 4 is 77.8 Å². The van der Waals surface area contributed by atoms with Crippen molar-refractivity contribution in [1.29, 1.82) is 0 Å². The van der Waals surface area contributed by atoms with Gasteiger partial charge in [-0.3, -0.25) is 4.55 Å². The number of fused-ring (bicyclic) bond motifs is 1. The predicted molar refractivity (Wildman–Crippen MR) is 234 cm³/mol. The van der Waals surface area contributed by atoms with E-state index in [9.17, 15) is 23.2 Å². The van der Waals surface area contributed by atoms with E-state index in [0.717, 1.165) is 27.9 Å². The third-order valence-electron chi connectivity index (χ3n) is 9.44. The molecule has 7 aromatic rings. The number of hydrogen-bond acceptors (Lipinski definition) is 14. The zero-order valence-corrected chi connectivity index (χ0v) is 34.2. The van der Waals surface area contributed by atoms with Crippen LogP contribution in [0.1, 0.15) is 22.3 Å². The first-order valence-corrected chi connectivity index (χ1v) is 20.2. The van der Waals surface area contributed by atoms with Crippen LogP contribution in [0, 0.1) is 20.8 Å². The molecule has 0 saturated heterocycles. The molecule has 0 aliphatic rings. The van der Waals surface area contributed by atoms with Crippen LogP contribution in [0.5, 0.6) is 11.5 Å². The van der Waals surface area contributed by atoms with Crippen LogP contribution in [0.4, 0.5) is 56.9 Å². The van der Waals surface area contributed by atoms with Gasteiger partial charge in [0, 0.05) is 28.4 Å². The molecule has 4 N–H and O–H groups in total. The first-order valence-electron chi connectivity index (χ1n) is 18.7. The molecule has 0 aromatic heterocycles. The lowest BCUT2D eigenvalue weighted by molar-refractivity contribution is 0.282. The third kappa shape index (κ3) is 10.0. The molecule has 7 aromatic carbocycles. The topological polar surface area (TPSA) is 215 Å². The number of nitrogens with one attached hydrogen (secondary N) is 1. The van der Waals surface area contributed by atoms with Crippen molar-refractivity contribution in [3.8, 4) is 11.5 Å². The number of aryl methyl sites for hydroxylation is 3. The third-order valence-corrected chi connectivity index (χ3v) is 10.3. The number of anilines is 2. The van der Waals surface area contributed by atoms with Crippen LogP contribution in [-0.2, 0) is 16.7 Å². The molecule has 0 saturated carbocycles. The smallest absolute Gasteiger partial charge is 0.296 e. The molecule has 16 heteroatoms. The van der Waals surface area contributed by atoms with Gasteiger partial charge in [0.25, 0.3) is 10.1 Å². The summed E-state index contributed by atoms with van der Waals surface area (Å²) in [5.41, 5.74) is 8.09. The van der Waals surface area contributed by atoms with Gasteiger partial charge in [0.1, 0.15) is 27.7 Å². The minimum Gasteiger partial charge on any atom is -0.505 e. The quantitative estimate of drug-likeness (QED) is 0.0650. The van der Waals surface area contributed by atoms with Crippen LogP contribution >= 0.6 is 0 Å². The first kappa shape index (κ1) is 41.6. The Bertz CT molecular complexity index is 3010. The van der Waals surface area contributed by atoms with Gasteiger partial charge >= 0.3 is 0 Å². The number of methoxy groups -OCH3 is 1. The second kappa shape index (κ2) is 18.2. The van der Waals surface area contributed by atoms with E-state index in [1.807, 2.05) is 62.4 Å². The van der Waals surface area contributed by atoms with E-state index < -0.39 is 10.1 Å². The Balaban J connectivity index is 1.03. The van der Waals surface area contributed by atoms with Gasteiger partial charge in [0.2, 0.25) is 0 Å². The minimum absolute atomic E-state index is 0.0129. The molecule has 0 atom stereocenters. The Kier molecular flexibility index (Phi) is 12.4. The summed E-state index contributed by atoms with van der Waals surface area (Å²) in [6.07, 6.45) is 0. The van der Waals surface area contributed by atoms with Crippen molar-refractivity contribution in [2.45, 2.75) is 32.3 Å². The van der Waals surface area contributed by atoms with Crippen LogP contribution in [-0.4, -0.2) is 30.3 Å². The zero-order chi connectivity index (χ0) is 43.1. The van der Waals surface area contributed by atoms with Gasteiger partial charge in [-0.2, -0.15) is 34.0 Å². The number of rotatable bonds is 13. The molecule has 0 spiro atoms. The maximum absolute atomic E-state index is 11.7. The van der Waals surface area contributed by atoms with E-state index in [1.165, 1.54) is 30.9 Å². The van der Waals surface area contributed by atoms with Crippen LogP contribution in [0.2, 0.25) is 0 Å². The monoisotopic (exact) mass is 833 g/mol. The highest BCUT2D eigenvalue weighted by molar-refractivity contribution is 7.86. The highest BCUT2D eigenvalue weighted by Crippen LogP contribution is 2.41. The molecule has 0 amide bonds. The Hall–Kier alpha value is -7.53. The highest BCUT2D eigenvalue weighted by atomic mass is 32.2. The van der Waals surface area contributed by atoms with Crippen molar-refractivity contribution in [2.24, 2.45) is 40.9 Å². The number of nitrogens with zero attached hydrogens (tertiary/aromatic N) is 8. The number of aliphatic hydroxyl groups is 1. The molecule has 0 radical (unpaired) electrons. The van der Waals surface area contributed by atoms with Crippen LogP contribution in [0.15, 0.2) is 173 Å². The largest absolute Gasteiger partial charge is 0.505 e. The lowest BCUT2D eigenvalue weighted by atomic mass is 10.1. The molecule has 0 fully saturated rings. The Morgan fingerprint density at radius 3 is 1.79 bits per heavy atom. The molecular weight excluding hydrogens is 795 g/mol. The maximum atomic E-state index is 11.7. The molecule has 0 heterocycles. The molecule has 0 aliphatic carbocycles. The second-order valence-corrected chi connectivity index (χ2v) is 15.2. The number of benzene rings is 7. The fourth-order valence-corrected chi connectivity index (χ4v) is 6.77. The van der Waals surface area contributed by atoms with Crippen molar-refractivity contribution in [3.63, 3.8) is 0 Å². The van der Waals surface area contributed by atoms with Crippen LogP contribution in [0.25, 0.3) is 10.8 Å². The summed E-state index contributed by atoms with van der Waals surface area (Å²) >= 11 is 0. The number of ether oxygens (including phenoxy) is 1. The average Bonchev–Trinajstić information content (AvgIpc) is 3.25. The normalized spacial score (nSPS) is 12.1. The predicted octanol–water partition coefficient (Wildman–Crippen LogP) is 13.6. The van der Waals surface area contributed by atoms with Gasteiger partial charge in [-0.1, -0.05) is 35.9 Å². The Morgan fingerprint density at radius 1 is 0.574 bits per heavy atom. The number of phenols is 1. The SMILES string of the molecule is COc1cc(N=Nc2ccc(N=Nc3ccc(N=Nc4ccccc4S(=O)(=O)O)c(C)c3)c(C)c2)c(CO)cc1N=Nc1ccc2cc(Nc3ccc(C)cc3)ccc2c1O. The molecule has 306 valence electrons. The second-order valence-electron chi connectivity index (χ2n) is 13.9. The van der Waals surface area contributed by atoms with E-state index in [4.69, 9.17) is 4.74 Å². The van der Waals surface area contributed by atoms with Gasteiger partial charge in [-0.05, 0) is 128 Å². The summed E-state index contributed by atoms with van der Waals surface area (Å²) < 4.78 is 38.4. The Morgan fingerprint density at radius 2 is 1.15 bits per heavy atom. The average molecular weight is 834 g/mol. The van der Waals surface area contributed by atoms with Gasteiger partial charge in [-0.15, -0.1) is 15.3 Å².